The van der Waals surface area contributed by atoms with Crippen molar-refractivity contribution in [1.82, 2.24) is 15.5 Å². The second kappa shape index (κ2) is 6.24. The lowest BCUT2D eigenvalue weighted by atomic mass is 10.0. The minimum atomic E-state index is 0.326. The van der Waals surface area contributed by atoms with Crippen LogP contribution in [0, 0.1) is 26.7 Å². The lowest BCUT2D eigenvalue weighted by Crippen LogP contribution is -2.29. The van der Waals surface area contributed by atoms with Crippen molar-refractivity contribution < 1.29 is 8.83 Å². The Morgan fingerprint density at radius 2 is 2.05 bits per heavy atom. The summed E-state index contributed by atoms with van der Waals surface area (Å²) in [4.78, 5) is 0. The maximum absolute atomic E-state index is 5.63. The highest BCUT2D eigenvalue weighted by molar-refractivity contribution is 5.23. The second-order valence-corrected chi connectivity index (χ2v) is 6.55. The molecule has 2 aromatic rings. The molecule has 1 aliphatic carbocycles. The highest BCUT2D eigenvalue weighted by atomic mass is 16.4. The molecule has 0 amide bonds. The molecule has 0 spiro atoms. The molecule has 0 aromatic carbocycles. The van der Waals surface area contributed by atoms with E-state index in [2.05, 4.69) is 28.5 Å². The van der Waals surface area contributed by atoms with Crippen molar-refractivity contribution in [2.75, 3.05) is 0 Å². The van der Waals surface area contributed by atoms with E-state index in [1.54, 1.807) is 0 Å². The number of rotatable bonds is 5. The molecule has 120 valence electrons. The highest BCUT2D eigenvalue weighted by Gasteiger charge is 2.28. The van der Waals surface area contributed by atoms with Gasteiger partial charge in [0.15, 0.2) is 0 Å². The van der Waals surface area contributed by atoms with Crippen LogP contribution in [0.1, 0.15) is 61.1 Å². The minimum absolute atomic E-state index is 0.326. The Morgan fingerprint density at radius 3 is 2.68 bits per heavy atom. The number of aromatic nitrogens is 2. The van der Waals surface area contributed by atoms with E-state index in [9.17, 15) is 0 Å². The molecule has 3 atom stereocenters. The van der Waals surface area contributed by atoms with Gasteiger partial charge < -0.3 is 14.2 Å². The molecule has 1 saturated carbocycles. The van der Waals surface area contributed by atoms with Crippen molar-refractivity contribution >= 4 is 0 Å². The third-order valence-corrected chi connectivity index (χ3v) is 4.60. The first-order chi connectivity index (χ1) is 10.5. The van der Waals surface area contributed by atoms with Gasteiger partial charge >= 0.3 is 0 Å². The van der Waals surface area contributed by atoms with E-state index in [-0.39, 0.29) is 0 Å². The lowest BCUT2D eigenvalue weighted by Gasteiger charge is -2.19. The Labute approximate surface area is 131 Å². The Hall–Kier alpha value is -1.62. The number of nitrogens with zero attached hydrogens (tertiary/aromatic N) is 2. The van der Waals surface area contributed by atoms with Crippen molar-refractivity contribution in [3.8, 4) is 0 Å². The quantitative estimate of drug-likeness (QED) is 0.913. The lowest BCUT2D eigenvalue weighted by molar-refractivity contribution is 0.400. The van der Waals surface area contributed by atoms with Crippen LogP contribution in [-0.2, 0) is 6.42 Å². The number of aryl methyl sites for hydroxylation is 3. The standard InChI is InChI=1S/C17H25N3O2/c1-10-7-16(12(3)21-10)11(2)18-15-6-5-14(8-15)9-17-20-19-13(4)22-17/h7,11,14-15,18H,5-6,8-9H2,1-4H3/t11?,14-,15+/m1/s1. The zero-order valence-electron chi connectivity index (χ0n) is 13.8. The molecular weight excluding hydrogens is 278 g/mol. The number of hydrogen-bond acceptors (Lipinski definition) is 5. The van der Waals surface area contributed by atoms with E-state index in [4.69, 9.17) is 8.83 Å². The third kappa shape index (κ3) is 3.40. The molecule has 1 fully saturated rings. The van der Waals surface area contributed by atoms with Gasteiger partial charge in [-0.1, -0.05) is 0 Å². The van der Waals surface area contributed by atoms with Crippen LogP contribution in [-0.4, -0.2) is 16.2 Å². The molecule has 1 unspecified atom stereocenters. The topological polar surface area (TPSA) is 64.1 Å². The van der Waals surface area contributed by atoms with E-state index in [0.717, 1.165) is 23.8 Å². The zero-order valence-corrected chi connectivity index (χ0v) is 13.8. The molecule has 2 heterocycles. The predicted octanol–water partition coefficient (Wildman–Crippen LogP) is 3.65. The minimum Gasteiger partial charge on any atom is -0.466 e. The van der Waals surface area contributed by atoms with Crippen LogP contribution in [0.25, 0.3) is 0 Å². The smallest absolute Gasteiger partial charge is 0.216 e. The third-order valence-electron chi connectivity index (χ3n) is 4.60. The normalized spacial score (nSPS) is 23.1. The second-order valence-electron chi connectivity index (χ2n) is 6.55. The van der Waals surface area contributed by atoms with Crippen molar-refractivity contribution in [3.05, 3.63) is 34.9 Å². The summed E-state index contributed by atoms with van der Waals surface area (Å²) in [6.45, 7) is 8.09. The summed E-state index contributed by atoms with van der Waals surface area (Å²) in [5.41, 5.74) is 1.27. The van der Waals surface area contributed by atoms with Crippen molar-refractivity contribution in [2.45, 2.75) is 65.5 Å². The summed E-state index contributed by atoms with van der Waals surface area (Å²) < 4.78 is 11.1. The van der Waals surface area contributed by atoms with Gasteiger partial charge in [0.1, 0.15) is 11.5 Å². The van der Waals surface area contributed by atoms with Crippen LogP contribution in [0.3, 0.4) is 0 Å². The molecule has 0 aliphatic heterocycles. The van der Waals surface area contributed by atoms with E-state index >= 15 is 0 Å². The maximum atomic E-state index is 5.63. The van der Waals surface area contributed by atoms with Crippen LogP contribution in [0.4, 0.5) is 0 Å². The Kier molecular flexibility index (Phi) is 4.34. The monoisotopic (exact) mass is 303 g/mol. The van der Waals surface area contributed by atoms with Crippen molar-refractivity contribution in [3.63, 3.8) is 0 Å². The molecule has 2 aromatic heterocycles. The maximum Gasteiger partial charge on any atom is 0.216 e. The fraction of sp³-hybridized carbons (Fsp3) is 0.647. The van der Waals surface area contributed by atoms with E-state index in [1.807, 2.05) is 20.8 Å². The van der Waals surface area contributed by atoms with Crippen LogP contribution < -0.4 is 5.32 Å². The highest BCUT2D eigenvalue weighted by Crippen LogP contribution is 2.31. The molecule has 0 radical (unpaired) electrons. The molecular formula is C17H25N3O2. The van der Waals surface area contributed by atoms with Gasteiger partial charge in [0.05, 0.1) is 0 Å². The first kappa shape index (κ1) is 15.3. The van der Waals surface area contributed by atoms with Gasteiger partial charge in [0.2, 0.25) is 11.8 Å². The van der Waals surface area contributed by atoms with Crippen molar-refractivity contribution in [2.24, 2.45) is 5.92 Å². The van der Waals surface area contributed by atoms with Gasteiger partial charge in [-0.3, -0.25) is 0 Å². The summed E-state index contributed by atoms with van der Waals surface area (Å²) in [7, 11) is 0. The summed E-state index contributed by atoms with van der Waals surface area (Å²) in [6, 6.07) is 3.02. The first-order valence-electron chi connectivity index (χ1n) is 8.13. The van der Waals surface area contributed by atoms with Crippen LogP contribution in [0.5, 0.6) is 0 Å². The fourth-order valence-corrected chi connectivity index (χ4v) is 3.60. The number of furan rings is 1. The van der Waals surface area contributed by atoms with Crippen molar-refractivity contribution in [1.29, 1.82) is 0 Å². The largest absolute Gasteiger partial charge is 0.466 e. The Bertz CT molecular complexity index is 632. The Morgan fingerprint density at radius 1 is 1.23 bits per heavy atom. The molecule has 1 N–H and O–H groups in total. The first-order valence-corrected chi connectivity index (χ1v) is 8.13. The van der Waals surface area contributed by atoms with Crippen LogP contribution >= 0.6 is 0 Å². The SMILES string of the molecule is Cc1cc(C(C)N[C@H]2CC[C@@H](Cc3nnc(C)o3)C2)c(C)o1. The predicted molar refractivity (Wildman–Crippen MR) is 83.6 cm³/mol. The number of nitrogens with one attached hydrogen (secondary N) is 1. The molecule has 3 rings (SSSR count). The van der Waals surface area contributed by atoms with Crippen LogP contribution in [0.15, 0.2) is 14.9 Å². The van der Waals surface area contributed by atoms with Gasteiger partial charge in [-0.2, -0.15) is 0 Å². The summed E-state index contributed by atoms with van der Waals surface area (Å²) in [6.07, 6.45) is 4.49. The van der Waals surface area contributed by atoms with Gasteiger partial charge in [-0.25, -0.2) is 0 Å². The van der Waals surface area contributed by atoms with Gasteiger partial charge in [-0.15, -0.1) is 10.2 Å². The molecule has 22 heavy (non-hydrogen) atoms. The number of hydrogen-bond donors (Lipinski definition) is 1. The van der Waals surface area contributed by atoms with E-state index in [0.29, 0.717) is 23.9 Å². The summed E-state index contributed by atoms with van der Waals surface area (Å²) in [5.74, 6) is 4.07. The average Bonchev–Trinajstić information content (AvgIpc) is 3.13. The molecule has 5 nitrogen and oxygen atoms in total. The van der Waals surface area contributed by atoms with Gasteiger partial charge in [-0.05, 0) is 52.0 Å². The summed E-state index contributed by atoms with van der Waals surface area (Å²) >= 11 is 0. The van der Waals surface area contributed by atoms with E-state index in [1.165, 1.54) is 24.8 Å². The van der Waals surface area contributed by atoms with Gasteiger partial charge in [0.25, 0.3) is 0 Å². The van der Waals surface area contributed by atoms with Crippen LogP contribution in [0.2, 0.25) is 0 Å². The van der Waals surface area contributed by atoms with E-state index < -0.39 is 0 Å². The molecule has 0 saturated heterocycles. The molecule has 1 aliphatic rings. The summed E-state index contributed by atoms with van der Waals surface area (Å²) in [5, 5.41) is 11.8. The molecule has 0 bridgehead atoms. The van der Waals surface area contributed by atoms with Gasteiger partial charge in [0, 0.05) is 31.0 Å². The average molecular weight is 303 g/mol. The zero-order chi connectivity index (χ0) is 15.7. The Balaban J connectivity index is 1.53. The molecule has 5 heteroatoms. The fourth-order valence-electron chi connectivity index (χ4n) is 3.60.